The predicted octanol–water partition coefficient (Wildman–Crippen LogP) is 0.987. The third kappa shape index (κ3) is 2.70. The summed E-state index contributed by atoms with van der Waals surface area (Å²) in [5.74, 6) is -1.60. The van der Waals surface area contributed by atoms with E-state index < -0.39 is 48.4 Å². The van der Waals surface area contributed by atoms with Gasteiger partial charge >= 0.3 is 0 Å². The van der Waals surface area contributed by atoms with E-state index in [2.05, 4.69) is 0 Å². The van der Waals surface area contributed by atoms with Crippen LogP contribution in [0.5, 0.6) is 0 Å². The Bertz CT molecular complexity index is 461. The first-order chi connectivity index (χ1) is 10.1. The fourth-order valence-electron chi connectivity index (χ4n) is 3.22. The van der Waals surface area contributed by atoms with Crippen molar-refractivity contribution in [2.45, 2.75) is 83.0 Å². The van der Waals surface area contributed by atoms with Gasteiger partial charge in [-0.15, -0.1) is 0 Å². The molecular formula is C15H24O7. The molecule has 3 rings (SSSR count). The molecule has 0 bridgehead atoms. The molecule has 0 aromatic carbocycles. The van der Waals surface area contributed by atoms with Gasteiger partial charge in [-0.1, -0.05) is 0 Å². The van der Waals surface area contributed by atoms with Crippen LogP contribution in [0.4, 0.5) is 0 Å². The van der Waals surface area contributed by atoms with Crippen LogP contribution < -0.4 is 0 Å². The molecule has 3 aliphatic heterocycles. The quantitative estimate of drug-likeness (QED) is 0.768. The van der Waals surface area contributed by atoms with Gasteiger partial charge in [-0.25, -0.2) is 0 Å². The standard InChI is InChI=1S/C15H24O7/c1-7-8(16)9(18-7)10-11(20-14(2,3)19-10)12-13(17-6)22-15(4,5)21-12/h7,9-13H,1-6H3. The van der Waals surface area contributed by atoms with Gasteiger partial charge in [0.25, 0.3) is 0 Å². The van der Waals surface area contributed by atoms with E-state index in [-0.39, 0.29) is 5.78 Å². The molecule has 3 aliphatic rings. The van der Waals surface area contributed by atoms with E-state index in [1.165, 1.54) is 0 Å². The van der Waals surface area contributed by atoms with Crippen molar-refractivity contribution in [3.63, 3.8) is 0 Å². The second-order valence-electron chi connectivity index (χ2n) is 6.87. The van der Waals surface area contributed by atoms with Gasteiger partial charge in [-0.3, -0.25) is 4.79 Å². The molecule has 7 nitrogen and oxygen atoms in total. The molecule has 0 N–H and O–H groups in total. The lowest BCUT2D eigenvalue weighted by atomic mass is 9.93. The van der Waals surface area contributed by atoms with E-state index in [0.29, 0.717) is 0 Å². The average molecular weight is 316 g/mol. The lowest BCUT2D eigenvalue weighted by Gasteiger charge is -2.37. The first kappa shape index (κ1) is 16.3. The number of hydrogen-bond acceptors (Lipinski definition) is 7. The van der Waals surface area contributed by atoms with E-state index in [4.69, 9.17) is 28.4 Å². The van der Waals surface area contributed by atoms with Crippen molar-refractivity contribution >= 4 is 5.78 Å². The third-order valence-corrected chi connectivity index (χ3v) is 4.14. The van der Waals surface area contributed by atoms with Crippen molar-refractivity contribution in [2.75, 3.05) is 7.11 Å². The van der Waals surface area contributed by atoms with Gasteiger partial charge in [0, 0.05) is 7.11 Å². The van der Waals surface area contributed by atoms with Crippen molar-refractivity contribution in [1.29, 1.82) is 0 Å². The second kappa shape index (κ2) is 5.22. The molecule has 7 heteroatoms. The van der Waals surface area contributed by atoms with Crippen LogP contribution in [0.15, 0.2) is 0 Å². The van der Waals surface area contributed by atoms with E-state index in [0.717, 1.165) is 0 Å². The largest absolute Gasteiger partial charge is 0.357 e. The molecule has 0 aromatic heterocycles. The van der Waals surface area contributed by atoms with Gasteiger partial charge in [-0.05, 0) is 34.6 Å². The van der Waals surface area contributed by atoms with Crippen molar-refractivity contribution in [1.82, 2.24) is 0 Å². The number of ether oxygens (including phenoxy) is 6. The highest BCUT2D eigenvalue weighted by Gasteiger charge is 2.59. The highest BCUT2D eigenvalue weighted by atomic mass is 16.8. The second-order valence-corrected chi connectivity index (χ2v) is 6.87. The summed E-state index contributed by atoms with van der Waals surface area (Å²) in [5, 5.41) is 0. The van der Waals surface area contributed by atoms with Crippen LogP contribution in [0, 0.1) is 0 Å². The Kier molecular flexibility index (Phi) is 3.87. The summed E-state index contributed by atoms with van der Waals surface area (Å²) in [4.78, 5) is 12.0. The zero-order valence-electron chi connectivity index (χ0n) is 13.8. The summed E-state index contributed by atoms with van der Waals surface area (Å²) in [6, 6.07) is 0. The minimum absolute atomic E-state index is 0.0171. The van der Waals surface area contributed by atoms with Gasteiger partial charge in [0.15, 0.2) is 23.6 Å². The zero-order chi connectivity index (χ0) is 16.3. The Morgan fingerprint density at radius 3 is 2.00 bits per heavy atom. The predicted molar refractivity (Wildman–Crippen MR) is 74.0 cm³/mol. The molecule has 0 saturated carbocycles. The number of carbonyl (C=O) groups excluding carboxylic acids is 1. The van der Waals surface area contributed by atoms with Crippen LogP contribution >= 0.6 is 0 Å². The Balaban J connectivity index is 1.82. The minimum atomic E-state index is -0.827. The van der Waals surface area contributed by atoms with Crippen LogP contribution in [0.25, 0.3) is 0 Å². The molecule has 0 radical (unpaired) electrons. The van der Waals surface area contributed by atoms with Crippen LogP contribution in [0.2, 0.25) is 0 Å². The molecule has 6 unspecified atom stereocenters. The number of ketones is 1. The van der Waals surface area contributed by atoms with Crippen LogP contribution in [0.1, 0.15) is 34.6 Å². The van der Waals surface area contributed by atoms with E-state index in [1.807, 2.05) is 13.8 Å². The van der Waals surface area contributed by atoms with E-state index in [1.54, 1.807) is 27.9 Å². The molecule has 0 aromatic rings. The van der Waals surface area contributed by atoms with Gasteiger partial charge < -0.3 is 28.4 Å². The van der Waals surface area contributed by atoms with Crippen LogP contribution in [-0.2, 0) is 33.2 Å². The monoisotopic (exact) mass is 316 g/mol. The Hall–Kier alpha value is -0.570. The van der Waals surface area contributed by atoms with Crippen LogP contribution in [-0.4, -0.2) is 61.3 Å². The van der Waals surface area contributed by atoms with Crippen molar-refractivity contribution < 1.29 is 33.2 Å². The lowest BCUT2D eigenvalue weighted by molar-refractivity contribution is -0.198. The fourth-order valence-corrected chi connectivity index (χ4v) is 3.22. The normalized spacial score (nSPS) is 46.7. The third-order valence-electron chi connectivity index (χ3n) is 4.14. The summed E-state index contributed by atoms with van der Waals surface area (Å²) < 4.78 is 34.4. The maximum atomic E-state index is 12.0. The Morgan fingerprint density at radius 2 is 1.45 bits per heavy atom. The molecule has 6 atom stereocenters. The molecule has 3 heterocycles. The number of hydrogen-bond donors (Lipinski definition) is 0. The minimum Gasteiger partial charge on any atom is -0.357 e. The number of carbonyl (C=O) groups is 1. The molecule has 0 amide bonds. The first-order valence-corrected chi connectivity index (χ1v) is 7.57. The number of methoxy groups -OCH3 is 1. The molecular weight excluding hydrogens is 292 g/mol. The summed E-state index contributed by atoms with van der Waals surface area (Å²) in [6.07, 6.45) is -3.17. The van der Waals surface area contributed by atoms with Gasteiger partial charge in [-0.2, -0.15) is 0 Å². The molecule has 3 fully saturated rings. The van der Waals surface area contributed by atoms with Gasteiger partial charge in [0.1, 0.15) is 30.5 Å². The molecule has 3 saturated heterocycles. The maximum absolute atomic E-state index is 12.0. The summed E-state index contributed by atoms with van der Waals surface area (Å²) >= 11 is 0. The van der Waals surface area contributed by atoms with E-state index in [9.17, 15) is 4.79 Å². The topological polar surface area (TPSA) is 72.5 Å². The molecule has 22 heavy (non-hydrogen) atoms. The summed E-state index contributed by atoms with van der Waals surface area (Å²) in [5.41, 5.74) is 0. The lowest BCUT2D eigenvalue weighted by Crippen LogP contribution is -2.59. The smallest absolute Gasteiger partial charge is 0.192 e. The fraction of sp³-hybridized carbons (Fsp3) is 0.933. The van der Waals surface area contributed by atoms with Gasteiger partial charge in [0.2, 0.25) is 0 Å². The molecule has 0 aliphatic carbocycles. The number of rotatable bonds is 3. The van der Waals surface area contributed by atoms with Crippen molar-refractivity contribution in [2.24, 2.45) is 0 Å². The first-order valence-electron chi connectivity index (χ1n) is 7.57. The Morgan fingerprint density at radius 1 is 0.909 bits per heavy atom. The Labute approximate surface area is 130 Å². The van der Waals surface area contributed by atoms with Crippen molar-refractivity contribution in [3.8, 4) is 0 Å². The zero-order valence-corrected chi connectivity index (χ0v) is 13.8. The van der Waals surface area contributed by atoms with Crippen LogP contribution in [0.3, 0.4) is 0 Å². The highest BCUT2D eigenvalue weighted by Crippen LogP contribution is 2.41. The maximum Gasteiger partial charge on any atom is 0.192 e. The average Bonchev–Trinajstić information content (AvgIpc) is 2.90. The van der Waals surface area contributed by atoms with Gasteiger partial charge in [0.05, 0.1) is 0 Å². The van der Waals surface area contributed by atoms with E-state index >= 15 is 0 Å². The van der Waals surface area contributed by atoms with Crippen molar-refractivity contribution in [3.05, 3.63) is 0 Å². The summed E-state index contributed by atoms with van der Waals surface area (Å²) in [6.45, 7) is 8.94. The molecule has 126 valence electrons. The highest BCUT2D eigenvalue weighted by molar-refractivity contribution is 5.92. The SMILES string of the molecule is COC1OC(C)(C)OC1C1OC(C)(C)OC1C1OC(C)C1=O. The number of Topliss-reactive ketones (excluding diaryl/α,β-unsaturated/α-hetero) is 1. The summed E-state index contributed by atoms with van der Waals surface area (Å²) in [7, 11) is 1.55. The molecule has 0 spiro atoms.